The van der Waals surface area contributed by atoms with Crippen LogP contribution in [0.25, 0.3) is 0 Å². The minimum Gasteiger partial charge on any atom is -0.401 e. The summed E-state index contributed by atoms with van der Waals surface area (Å²) in [5.41, 5.74) is 8.27. The molecule has 2 unspecified atom stereocenters. The van der Waals surface area contributed by atoms with Crippen LogP contribution in [0.4, 0.5) is 0 Å². The number of hydrogen-bond donors (Lipinski definition) is 1. The lowest BCUT2D eigenvalue weighted by molar-refractivity contribution is 0.183. The lowest BCUT2D eigenvalue weighted by Gasteiger charge is -2.34. The zero-order chi connectivity index (χ0) is 14.7. The third-order valence-corrected chi connectivity index (χ3v) is 4.32. The van der Waals surface area contributed by atoms with E-state index in [2.05, 4.69) is 67.7 Å². The summed E-state index contributed by atoms with van der Waals surface area (Å²) in [7, 11) is 4.25. The summed E-state index contributed by atoms with van der Waals surface area (Å²) in [5.74, 6) is 0.577. The summed E-state index contributed by atoms with van der Waals surface area (Å²) in [6.45, 7) is 8.47. The number of rotatable bonds is 5. The second kappa shape index (κ2) is 6.42. The Morgan fingerprint density at radius 1 is 1.40 bits per heavy atom. The molecular formula is C17H27N3. The van der Waals surface area contributed by atoms with Gasteiger partial charge >= 0.3 is 0 Å². The largest absolute Gasteiger partial charge is 0.401 e. The maximum absolute atomic E-state index is 6.12. The van der Waals surface area contributed by atoms with E-state index in [4.69, 9.17) is 5.73 Å². The highest BCUT2D eigenvalue weighted by atomic mass is 15.2. The average Bonchev–Trinajstić information content (AvgIpc) is 2.81. The fourth-order valence-electron chi connectivity index (χ4n) is 3.42. The van der Waals surface area contributed by atoms with E-state index in [-0.39, 0.29) is 6.04 Å². The number of benzene rings is 1. The van der Waals surface area contributed by atoms with Crippen LogP contribution in [0.3, 0.4) is 0 Å². The highest BCUT2D eigenvalue weighted by molar-refractivity contribution is 5.20. The van der Waals surface area contributed by atoms with Gasteiger partial charge < -0.3 is 10.6 Å². The molecule has 0 bridgehead atoms. The van der Waals surface area contributed by atoms with E-state index in [1.54, 1.807) is 0 Å². The van der Waals surface area contributed by atoms with Crippen LogP contribution in [0.2, 0.25) is 0 Å². The molecule has 0 amide bonds. The summed E-state index contributed by atoms with van der Waals surface area (Å²) in [6.07, 6.45) is 1.19. The molecule has 0 spiro atoms. The van der Waals surface area contributed by atoms with Gasteiger partial charge in [0.2, 0.25) is 0 Å². The maximum Gasteiger partial charge on any atom is 0.0533 e. The third kappa shape index (κ3) is 3.22. The van der Waals surface area contributed by atoms with E-state index >= 15 is 0 Å². The molecule has 1 saturated heterocycles. The first-order valence-electron chi connectivity index (χ1n) is 7.40. The van der Waals surface area contributed by atoms with Gasteiger partial charge in [0, 0.05) is 18.3 Å². The Labute approximate surface area is 123 Å². The maximum atomic E-state index is 6.12. The van der Waals surface area contributed by atoms with Crippen molar-refractivity contribution in [2.75, 3.05) is 27.2 Å². The summed E-state index contributed by atoms with van der Waals surface area (Å²) in [6, 6.07) is 11.3. The van der Waals surface area contributed by atoms with Crippen molar-refractivity contribution in [3.05, 3.63) is 48.2 Å². The lowest BCUT2D eigenvalue weighted by atomic mass is 9.96. The van der Waals surface area contributed by atoms with E-state index in [1.165, 1.54) is 12.0 Å². The molecule has 0 saturated carbocycles. The van der Waals surface area contributed by atoms with E-state index in [9.17, 15) is 0 Å². The molecule has 110 valence electrons. The van der Waals surface area contributed by atoms with Crippen LogP contribution >= 0.6 is 0 Å². The molecule has 2 N–H and O–H groups in total. The van der Waals surface area contributed by atoms with Crippen molar-refractivity contribution in [1.29, 1.82) is 0 Å². The molecule has 0 aromatic heterocycles. The summed E-state index contributed by atoms with van der Waals surface area (Å²) >= 11 is 0. The van der Waals surface area contributed by atoms with Crippen molar-refractivity contribution < 1.29 is 0 Å². The summed E-state index contributed by atoms with van der Waals surface area (Å²) < 4.78 is 0. The van der Waals surface area contributed by atoms with Crippen molar-refractivity contribution in [2.24, 2.45) is 11.7 Å². The predicted octanol–water partition coefficient (Wildman–Crippen LogP) is 2.47. The Bertz CT molecular complexity index is 441. The standard InChI is InChI=1S/C17H27N3/c1-13(18)17-16(12-19(3)4)10-11-20(17)14(2)15-8-6-5-7-9-15/h5-9,14,16-17H,1,10-12,18H2,2-4H3/t14-,16?,17?/m0/s1. The molecule has 3 heteroatoms. The van der Waals surface area contributed by atoms with Gasteiger partial charge in [0.25, 0.3) is 0 Å². The van der Waals surface area contributed by atoms with Crippen LogP contribution in [-0.2, 0) is 0 Å². The molecule has 1 aromatic rings. The first kappa shape index (κ1) is 15.1. The monoisotopic (exact) mass is 273 g/mol. The zero-order valence-corrected chi connectivity index (χ0v) is 12.9. The van der Waals surface area contributed by atoms with Crippen LogP contribution in [0, 0.1) is 5.92 Å². The molecule has 0 radical (unpaired) electrons. The van der Waals surface area contributed by atoms with E-state index in [1.807, 2.05) is 0 Å². The highest BCUT2D eigenvalue weighted by Gasteiger charge is 2.37. The van der Waals surface area contributed by atoms with Crippen molar-refractivity contribution >= 4 is 0 Å². The van der Waals surface area contributed by atoms with Gasteiger partial charge in [-0.05, 0) is 45.5 Å². The first-order chi connectivity index (χ1) is 9.50. The van der Waals surface area contributed by atoms with Gasteiger partial charge in [0.05, 0.1) is 6.04 Å². The number of likely N-dealkylation sites (tertiary alicyclic amines) is 1. The van der Waals surface area contributed by atoms with Crippen LogP contribution in [0.15, 0.2) is 42.6 Å². The zero-order valence-electron chi connectivity index (χ0n) is 12.9. The minimum absolute atomic E-state index is 0.285. The normalized spacial score (nSPS) is 25.0. The Balaban J connectivity index is 2.17. The molecule has 1 heterocycles. The molecule has 1 fully saturated rings. The van der Waals surface area contributed by atoms with Crippen molar-refractivity contribution in [3.63, 3.8) is 0 Å². The highest BCUT2D eigenvalue weighted by Crippen LogP contribution is 2.34. The second-order valence-electron chi connectivity index (χ2n) is 6.16. The molecule has 1 aromatic carbocycles. The topological polar surface area (TPSA) is 32.5 Å². The molecule has 3 atom stereocenters. The van der Waals surface area contributed by atoms with E-state index < -0.39 is 0 Å². The smallest absolute Gasteiger partial charge is 0.0533 e. The van der Waals surface area contributed by atoms with Gasteiger partial charge in [0.15, 0.2) is 0 Å². The third-order valence-electron chi connectivity index (χ3n) is 4.32. The summed E-state index contributed by atoms with van der Waals surface area (Å²) in [5, 5.41) is 0. The molecule has 0 aliphatic carbocycles. The van der Waals surface area contributed by atoms with Crippen LogP contribution in [0.1, 0.15) is 24.9 Å². The predicted molar refractivity (Wildman–Crippen MR) is 85.3 cm³/mol. The fraction of sp³-hybridized carbons (Fsp3) is 0.529. The molecular weight excluding hydrogens is 246 g/mol. The van der Waals surface area contributed by atoms with Gasteiger partial charge in [-0.3, -0.25) is 4.90 Å². The average molecular weight is 273 g/mol. The Morgan fingerprint density at radius 3 is 2.60 bits per heavy atom. The minimum atomic E-state index is 0.285. The summed E-state index contributed by atoms with van der Waals surface area (Å²) in [4.78, 5) is 4.75. The van der Waals surface area contributed by atoms with Crippen LogP contribution in [0.5, 0.6) is 0 Å². The number of hydrogen-bond acceptors (Lipinski definition) is 3. The fourth-order valence-corrected chi connectivity index (χ4v) is 3.42. The lowest BCUT2D eigenvalue weighted by Crippen LogP contribution is -2.41. The number of nitrogens with zero attached hydrogens (tertiary/aromatic N) is 2. The SMILES string of the molecule is C=C(N)C1C(CN(C)C)CCN1[C@@H](C)c1ccccc1. The van der Waals surface area contributed by atoms with Gasteiger partial charge in [-0.1, -0.05) is 36.9 Å². The quantitative estimate of drug-likeness (QED) is 0.894. The van der Waals surface area contributed by atoms with Crippen molar-refractivity contribution in [1.82, 2.24) is 9.80 Å². The van der Waals surface area contributed by atoms with Gasteiger partial charge in [-0.2, -0.15) is 0 Å². The molecule has 3 nitrogen and oxygen atoms in total. The van der Waals surface area contributed by atoms with E-state index in [0.717, 1.165) is 18.8 Å². The van der Waals surface area contributed by atoms with Gasteiger partial charge in [0.1, 0.15) is 0 Å². The number of nitrogens with two attached hydrogens (primary N) is 1. The van der Waals surface area contributed by atoms with Crippen molar-refractivity contribution in [3.8, 4) is 0 Å². The second-order valence-corrected chi connectivity index (χ2v) is 6.16. The van der Waals surface area contributed by atoms with Gasteiger partial charge in [-0.25, -0.2) is 0 Å². The molecule has 1 aliphatic rings. The van der Waals surface area contributed by atoms with Crippen molar-refractivity contribution in [2.45, 2.75) is 25.4 Å². The Morgan fingerprint density at radius 2 is 2.05 bits per heavy atom. The van der Waals surface area contributed by atoms with Crippen LogP contribution < -0.4 is 5.73 Å². The van der Waals surface area contributed by atoms with Crippen LogP contribution in [-0.4, -0.2) is 43.0 Å². The molecule has 20 heavy (non-hydrogen) atoms. The molecule has 1 aliphatic heterocycles. The first-order valence-corrected chi connectivity index (χ1v) is 7.40. The van der Waals surface area contributed by atoms with E-state index in [0.29, 0.717) is 12.0 Å². The Hall–Kier alpha value is -1.32. The Kier molecular flexibility index (Phi) is 4.84. The van der Waals surface area contributed by atoms with Gasteiger partial charge in [-0.15, -0.1) is 0 Å². The molecule has 2 rings (SSSR count).